The monoisotopic (exact) mass is 1230 g/mol. The second-order valence-corrected chi connectivity index (χ2v) is 2.76. The van der Waals surface area contributed by atoms with Crippen molar-refractivity contribution in [2.24, 2.45) is 0 Å². The summed E-state index contributed by atoms with van der Waals surface area (Å²) in [6, 6.07) is 0. The molecule has 24 heavy (non-hydrogen) atoms. The van der Waals surface area contributed by atoms with Crippen LogP contribution >= 0.6 is 0 Å². The molecule has 0 fully saturated rings. The van der Waals surface area contributed by atoms with E-state index in [0.717, 1.165) is 17.6 Å². The molecule has 0 saturated heterocycles. The number of hydrogen-bond acceptors (Lipinski definition) is 1. The van der Waals surface area contributed by atoms with Crippen LogP contribution in [0.25, 0.3) is 0 Å². The molecule has 0 amide bonds. The van der Waals surface area contributed by atoms with Gasteiger partial charge in [0.25, 0.3) is 0 Å². The van der Waals surface area contributed by atoms with Crippen LogP contribution in [-0.4, -0.2) is 5.78 Å². The molecule has 1 aliphatic rings. The van der Waals surface area contributed by atoms with Gasteiger partial charge in [-0.15, -0.1) is 6.42 Å². The molecule has 1 aliphatic carbocycles. The molecule has 13 heteroatoms. The van der Waals surface area contributed by atoms with Gasteiger partial charge in [-0.05, 0) is 0 Å². The second kappa shape index (κ2) is 55.5. The average Bonchev–Trinajstić information content (AvgIpc) is 2.31. The van der Waals surface area contributed by atoms with E-state index >= 15 is 0 Å². The standard InChI is InChI=1S/C11H12O.12Y/c1-3-4-5-6-10-7-9(2)8-11(10)12;;;;;;;;;;;;/h5-6,8H,2-3,7H2,1H3;;;;;;;;;;;;/q-2;;;;;;;;;;;;/b10-6+;;;;;;;;;;;;. The van der Waals surface area contributed by atoms with Crippen molar-refractivity contribution in [3.63, 3.8) is 0 Å². The fourth-order valence-electron chi connectivity index (χ4n) is 1.08. The summed E-state index contributed by atoms with van der Waals surface area (Å²) in [4.78, 5) is 11.1. The molecule has 1 nitrogen and oxygen atoms in total. The molecule has 0 aromatic heterocycles. The number of hydrogen-bond donors (Lipinski definition) is 0. The Kier molecular flexibility index (Phi) is 177. The Morgan fingerprint density at radius 3 is 1.54 bits per heavy atom. The van der Waals surface area contributed by atoms with Crippen LogP contribution in [0.3, 0.4) is 0 Å². The third kappa shape index (κ3) is 44.0. The molecule has 0 unspecified atom stereocenters. The third-order valence-electron chi connectivity index (χ3n) is 1.68. The zero-order valence-corrected chi connectivity index (χ0v) is 48.2. The van der Waals surface area contributed by atoms with E-state index in [1.54, 1.807) is 12.2 Å². The Bertz CT molecular complexity index is 291. The summed E-state index contributed by atoms with van der Waals surface area (Å²) in [6.45, 7) is 5.74. The third-order valence-corrected chi connectivity index (χ3v) is 1.68. The van der Waals surface area contributed by atoms with Crippen LogP contribution in [0.4, 0.5) is 0 Å². The molecule has 100 valence electrons. The molecule has 1 rings (SSSR count). The van der Waals surface area contributed by atoms with Crippen LogP contribution in [-0.2, 0) is 397 Å². The summed E-state index contributed by atoms with van der Waals surface area (Å²) in [7, 11) is 0. The number of allylic oxidation sites excluding steroid dienone is 6. The summed E-state index contributed by atoms with van der Waals surface area (Å²) in [5.74, 6) is 0.0918. The van der Waals surface area contributed by atoms with E-state index in [2.05, 4.69) is 13.0 Å². The van der Waals surface area contributed by atoms with E-state index in [1.807, 2.05) is 13.0 Å². The van der Waals surface area contributed by atoms with Gasteiger partial charge >= 0.3 is 0 Å². The van der Waals surface area contributed by atoms with Crippen LogP contribution in [0, 0.1) is 13.0 Å². The van der Waals surface area contributed by atoms with E-state index in [-0.39, 0.29) is 398 Å². The molecular weight excluding hydrogens is 1210 g/mol. The van der Waals surface area contributed by atoms with Crippen molar-refractivity contribution in [1.29, 1.82) is 0 Å². The minimum absolute atomic E-state index is 0. The van der Waals surface area contributed by atoms with Gasteiger partial charge in [-0.25, -0.2) is 24.6 Å². The fraction of sp³-hybridized carbons (Fsp3) is 0.273. The Morgan fingerprint density at radius 1 is 0.917 bits per heavy atom. The summed E-state index contributed by atoms with van der Waals surface area (Å²) in [5, 5.41) is 0. The molecule has 0 N–H and O–H groups in total. The Morgan fingerprint density at radius 2 is 1.29 bits per heavy atom. The fourth-order valence-corrected chi connectivity index (χ4v) is 1.08. The van der Waals surface area contributed by atoms with Crippen molar-refractivity contribution in [2.75, 3.05) is 0 Å². The van der Waals surface area contributed by atoms with Crippen LogP contribution in [0.1, 0.15) is 19.8 Å². The zero-order valence-electron chi connectivity index (χ0n) is 14.2. The Balaban J connectivity index is -0.0000000120. The zero-order chi connectivity index (χ0) is 8.97. The topological polar surface area (TPSA) is 17.1 Å². The van der Waals surface area contributed by atoms with Gasteiger partial charge in [0.1, 0.15) is 0 Å². The van der Waals surface area contributed by atoms with E-state index in [1.165, 1.54) is 0 Å². The van der Waals surface area contributed by atoms with Gasteiger partial charge in [0.2, 0.25) is 0 Å². The first-order chi connectivity index (χ1) is 5.74. The predicted molar refractivity (Wildman–Crippen MR) is 49.3 cm³/mol. The van der Waals surface area contributed by atoms with E-state index < -0.39 is 0 Å². The maximum atomic E-state index is 11.1. The largest absolute Gasteiger partial charge is 0.313 e. The molecule has 0 aromatic rings. The number of carbonyl (C=O) groups excluding carboxylic acids is 1. The normalized spacial score (nSPS) is 10.5. The molecular formula is C11H12OY12-2. The quantitative estimate of drug-likeness (QED) is 0.307. The first-order valence-corrected chi connectivity index (χ1v) is 4.06. The molecule has 0 spiro atoms. The van der Waals surface area contributed by atoms with Crippen molar-refractivity contribution in [3.8, 4) is 0 Å². The van der Waals surface area contributed by atoms with Gasteiger partial charge < -0.3 is 4.79 Å². The van der Waals surface area contributed by atoms with Crippen molar-refractivity contribution in [2.45, 2.75) is 19.8 Å². The smallest absolute Gasteiger partial charge is 0.0851 e. The van der Waals surface area contributed by atoms with Crippen LogP contribution in [0.15, 0.2) is 29.4 Å². The van der Waals surface area contributed by atoms with Crippen molar-refractivity contribution in [3.05, 3.63) is 42.4 Å². The molecule has 0 bridgehead atoms. The van der Waals surface area contributed by atoms with Gasteiger partial charge in [-0.3, -0.25) is 6.08 Å². The number of rotatable bonds is 2. The maximum Gasteiger partial charge on any atom is 0.0851 e. The maximum absolute atomic E-state index is 11.1. The van der Waals surface area contributed by atoms with E-state index in [9.17, 15) is 4.79 Å². The van der Waals surface area contributed by atoms with E-state index in [4.69, 9.17) is 0 Å². The first kappa shape index (κ1) is 76.6. The van der Waals surface area contributed by atoms with Gasteiger partial charge in [0.05, 0.1) is 5.78 Å². The summed E-state index contributed by atoms with van der Waals surface area (Å²) < 4.78 is 0. The molecule has 0 atom stereocenters. The molecule has 0 heterocycles. The minimum Gasteiger partial charge on any atom is -0.313 e. The van der Waals surface area contributed by atoms with Gasteiger partial charge in [0.15, 0.2) is 0 Å². The van der Waals surface area contributed by atoms with Crippen molar-refractivity contribution in [1.82, 2.24) is 0 Å². The summed E-state index contributed by atoms with van der Waals surface area (Å²) in [6.07, 6.45) is 9.80. The van der Waals surface area contributed by atoms with Crippen LogP contribution in [0.2, 0.25) is 0 Å². The molecule has 0 saturated carbocycles. The first-order valence-electron chi connectivity index (χ1n) is 4.06. The summed E-state index contributed by atoms with van der Waals surface area (Å²) in [5.41, 5.74) is 1.72. The molecule has 0 aromatic carbocycles. The minimum atomic E-state index is 0. The summed E-state index contributed by atoms with van der Waals surface area (Å²) >= 11 is 0. The molecule has 0 aliphatic heterocycles. The van der Waals surface area contributed by atoms with Gasteiger partial charge in [-0.1, -0.05) is 18.9 Å². The Hall–Kier alpha value is 12.0. The second-order valence-electron chi connectivity index (χ2n) is 2.76. The van der Waals surface area contributed by atoms with Gasteiger partial charge in [-0.2, -0.15) is 6.08 Å². The van der Waals surface area contributed by atoms with Gasteiger partial charge in [0, 0.05) is 393 Å². The van der Waals surface area contributed by atoms with Crippen LogP contribution in [0.5, 0.6) is 0 Å². The van der Waals surface area contributed by atoms with E-state index in [0.29, 0.717) is 6.42 Å². The molecule has 12 radical (unpaired) electrons. The van der Waals surface area contributed by atoms with Crippen LogP contribution < -0.4 is 0 Å². The average molecular weight is 1230 g/mol. The van der Waals surface area contributed by atoms with Crippen molar-refractivity contribution >= 4 is 5.78 Å². The van der Waals surface area contributed by atoms with Crippen molar-refractivity contribution < 1.29 is 397 Å². The number of ketones is 1. The SMILES string of the molecule is [CH2-]C1=CC(=O)/C(=C/C=[C-]CC)C1.[Y].[Y].[Y].[Y].[Y].[Y].[Y].[Y].[Y].[Y].[Y].[Y]. The predicted octanol–water partition coefficient (Wildman–Crippen LogP) is 2.39. The Labute approximate surface area is 450 Å². The number of carbonyl (C=O) groups is 1.